The lowest BCUT2D eigenvalue weighted by molar-refractivity contribution is 0.691. The molecule has 12 heavy (non-hydrogen) atoms. The topological polar surface area (TPSA) is 13.1 Å². The molecule has 1 aromatic carbocycles. The van der Waals surface area contributed by atoms with Gasteiger partial charge in [-0.15, -0.1) is 0 Å². The number of hydrogen-bond acceptors (Lipinski definition) is 2. The molecule has 0 spiro atoms. The minimum Gasteiger partial charge on any atom is -0.409 e. The van der Waals surface area contributed by atoms with Crippen LogP contribution in [0.3, 0.4) is 0 Å². The van der Waals surface area contributed by atoms with E-state index in [1.54, 1.807) is 6.26 Å². The van der Waals surface area contributed by atoms with Gasteiger partial charge < -0.3 is 3.85 Å². The van der Waals surface area contributed by atoms with Crippen LogP contribution in [0.4, 0.5) is 0 Å². The van der Waals surface area contributed by atoms with E-state index in [1.807, 2.05) is 29.6 Å². The standard InChI is InChI=1S/C10H8OS/c1-2-5-10-8-11-12-7-3-6-9(10)4-1/h1-8H. The summed E-state index contributed by atoms with van der Waals surface area (Å²) in [4.78, 5) is 0. The second-order valence-electron chi connectivity index (χ2n) is 2.43. The fourth-order valence-corrected chi connectivity index (χ4v) is 1.42. The lowest BCUT2D eigenvalue weighted by atomic mass is 10.2. The minimum atomic E-state index is 1.12. The third-order valence-corrected chi connectivity index (χ3v) is 2.11. The van der Waals surface area contributed by atoms with Crippen LogP contribution in [0.5, 0.6) is 0 Å². The van der Waals surface area contributed by atoms with Gasteiger partial charge in [-0.2, -0.15) is 0 Å². The highest BCUT2D eigenvalue weighted by Gasteiger charge is 1.85. The summed E-state index contributed by atoms with van der Waals surface area (Å²) in [7, 11) is 0. The maximum atomic E-state index is 5.19. The predicted octanol–water partition coefficient (Wildman–Crippen LogP) is 3.62. The third kappa shape index (κ3) is 1.48. The van der Waals surface area contributed by atoms with E-state index in [0.717, 1.165) is 5.39 Å². The lowest BCUT2D eigenvalue weighted by Crippen LogP contribution is -1.64. The molecule has 0 radical (unpaired) electrons. The highest BCUT2D eigenvalue weighted by Crippen LogP contribution is 2.10. The van der Waals surface area contributed by atoms with Gasteiger partial charge >= 0.3 is 0 Å². The molecule has 1 aromatic heterocycles. The highest BCUT2D eigenvalue weighted by atomic mass is 32.1. The number of fused-ring (bicyclic) bond motifs is 1. The normalized spacial score (nSPS) is 9.67. The maximum absolute atomic E-state index is 5.19. The molecule has 2 heteroatoms. The molecule has 1 nitrogen and oxygen atoms in total. The van der Waals surface area contributed by atoms with Crippen LogP contribution in [-0.2, 0) is 0 Å². The summed E-state index contributed by atoms with van der Waals surface area (Å²) in [5.74, 6) is 0. The van der Waals surface area contributed by atoms with Crippen molar-refractivity contribution in [3.8, 4) is 0 Å². The minimum absolute atomic E-state index is 1.12. The van der Waals surface area contributed by atoms with Gasteiger partial charge in [-0.25, -0.2) is 0 Å². The van der Waals surface area contributed by atoms with Crippen molar-refractivity contribution in [2.24, 2.45) is 0 Å². The van der Waals surface area contributed by atoms with Gasteiger partial charge in [-0.05, 0) is 11.5 Å². The van der Waals surface area contributed by atoms with Crippen molar-refractivity contribution in [2.75, 3.05) is 0 Å². The molecule has 2 aromatic rings. The zero-order valence-corrected chi connectivity index (χ0v) is 7.25. The summed E-state index contributed by atoms with van der Waals surface area (Å²) in [5, 5.41) is 4.22. The van der Waals surface area contributed by atoms with Crippen LogP contribution < -0.4 is 0 Å². The van der Waals surface area contributed by atoms with Gasteiger partial charge in [-0.3, -0.25) is 0 Å². The molecule has 0 unspecified atom stereocenters. The van der Waals surface area contributed by atoms with E-state index in [4.69, 9.17) is 3.85 Å². The summed E-state index contributed by atoms with van der Waals surface area (Å²) in [6.07, 6.45) is 1.76. The van der Waals surface area contributed by atoms with Crippen LogP contribution >= 0.6 is 11.6 Å². The monoisotopic (exact) mass is 176 g/mol. The smallest absolute Gasteiger partial charge is 0.115 e. The molecule has 0 atom stereocenters. The van der Waals surface area contributed by atoms with Crippen LogP contribution in [-0.4, -0.2) is 0 Å². The molecule has 0 aliphatic carbocycles. The Balaban J connectivity index is 2.83. The van der Waals surface area contributed by atoms with E-state index in [2.05, 4.69) is 12.1 Å². The number of benzene rings is 1. The van der Waals surface area contributed by atoms with Gasteiger partial charge in [0.1, 0.15) is 6.26 Å². The van der Waals surface area contributed by atoms with Gasteiger partial charge in [0, 0.05) is 22.4 Å². The van der Waals surface area contributed by atoms with Crippen LogP contribution in [0.15, 0.2) is 51.9 Å². The average Bonchev–Trinajstić information content (AvgIpc) is 2.06. The molecule has 0 N–H and O–H groups in total. The fraction of sp³-hybridized carbons (Fsp3) is 0. The molecule has 0 bridgehead atoms. The summed E-state index contributed by atoms with van der Waals surface area (Å²) < 4.78 is 5.19. The van der Waals surface area contributed by atoms with Crippen molar-refractivity contribution in [3.05, 3.63) is 48.0 Å². The summed E-state index contributed by atoms with van der Waals surface area (Å²) in [6.45, 7) is 0. The molecule has 0 amide bonds. The molecule has 1 heterocycles. The Bertz CT molecular complexity index is 372. The van der Waals surface area contributed by atoms with Gasteiger partial charge in [0.15, 0.2) is 0 Å². The van der Waals surface area contributed by atoms with E-state index in [1.165, 1.54) is 17.0 Å². The second kappa shape index (κ2) is 3.41. The van der Waals surface area contributed by atoms with Crippen molar-refractivity contribution >= 4 is 22.4 Å². The van der Waals surface area contributed by atoms with Gasteiger partial charge in [0.2, 0.25) is 0 Å². The van der Waals surface area contributed by atoms with Crippen LogP contribution in [0.2, 0.25) is 0 Å². The SMILES string of the molecule is c1ccc2coscccc2c1. The zero-order chi connectivity index (χ0) is 8.23. The molecular weight excluding hydrogens is 168 g/mol. The first kappa shape index (κ1) is 7.37. The molecule has 0 aliphatic heterocycles. The van der Waals surface area contributed by atoms with Crippen LogP contribution in [0.25, 0.3) is 10.8 Å². The van der Waals surface area contributed by atoms with E-state index in [0.29, 0.717) is 0 Å². The molecule has 0 saturated heterocycles. The van der Waals surface area contributed by atoms with Crippen LogP contribution in [0, 0.1) is 0 Å². The largest absolute Gasteiger partial charge is 0.409 e. The highest BCUT2D eigenvalue weighted by molar-refractivity contribution is 7.00. The zero-order valence-electron chi connectivity index (χ0n) is 6.44. The van der Waals surface area contributed by atoms with E-state index in [9.17, 15) is 0 Å². The first-order valence-corrected chi connectivity index (χ1v) is 4.51. The van der Waals surface area contributed by atoms with Gasteiger partial charge in [0.05, 0.1) is 0 Å². The molecular formula is C10H8OS. The average molecular weight is 176 g/mol. The first-order valence-electron chi connectivity index (χ1n) is 3.71. The Hall–Kier alpha value is -1.28. The van der Waals surface area contributed by atoms with Crippen LogP contribution in [0.1, 0.15) is 0 Å². The fourth-order valence-electron chi connectivity index (χ4n) is 1.06. The van der Waals surface area contributed by atoms with E-state index < -0.39 is 0 Å². The van der Waals surface area contributed by atoms with Crippen molar-refractivity contribution in [1.29, 1.82) is 0 Å². The third-order valence-electron chi connectivity index (χ3n) is 1.64. The van der Waals surface area contributed by atoms with E-state index >= 15 is 0 Å². The van der Waals surface area contributed by atoms with Gasteiger partial charge in [-0.1, -0.05) is 30.3 Å². The molecule has 60 valence electrons. The van der Waals surface area contributed by atoms with Gasteiger partial charge in [0.25, 0.3) is 0 Å². The molecule has 0 aliphatic rings. The van der Waals surface area contributed by atoms with Crippen molar-refractivity contribution in [1.82, 2.24) is 0 Å². The molecule has 0 saturated carbocycles. The Morgan fingerprint density at radius 1 is 0.917 bits per heavy atom. The number of hydrogen-bond donors (Lipinski definition) is 0. The quantitative estimate of drug-likeness (QED) is 0.597. The Labute approximate surface area is 74.8 Å². The Morgan fingerprint density at radius 2 is 1.67 bits per heavy atom. The lowest BCUT2D eigenvalue weighted by Gasteiger charge is -1.89. The number of rotatable bonds is 0. The Morgan fingerprint density at radius 3 is 2.58 bits per heavy atom. The Kier molecular flexibility index (Phi) is 2.10. The molecule has 0 fully saturated rings. The predicted molar refractivity (Wildman–Crippen MR) is 51.7 cm³/mol. The molecule has 2 rings (SSSR count). The first-order chi connectivity index (χ1) is 5.97. The summed E-state index contributed by atoms with van der Waals surface area (Å²) >= 11 is 1.33. The summed E-state index contributed by atoms with van der Waals surface area (Å²) in [6, 6.07) is 12.2. The second-order valence-corrected chi connectivity index (χ2v) is 3.09. The van der Waals surface area contributed by atoms with E-state index in [-0.39, 0.29) is 0 Å². The summed E-state index contributed by atoms with van der Waals surface area (Å²) in [5.41, 5.74) is 0. The van der Waals surface area contributed by atoms with Crippen molar-refractivity contribution in [3.63, 3.8) is 0 Å². The van der Waals surface area contributed by atoms with Crippen molar-refractivity contribution < 1.29 is 3.85 Å². The maximum Gasteiger partial charge on any atom is 0.115 e. The van der Waals surface area contributed by atoms with Crippen molar-refractivity contribution in [2.45, 2.75) is 0 Å².